The van der Waals surface area contributed by atoms with Gasteiger partial charge in [-0.3, -0.25) is 4.79 Å². The maximum Gasteiger partial charge on any atom is 0.239 e. The Kier molecular flexibility index (Phi) is 8.30. The van der Waals surface area contributed by atoms with Crippen LogP contribution in [0.1, 0.15) is 25.8 Å². The zero-order chi connectivity index (χ0) is 13.7. The first kappa shape index (κ1) is 18.4. The first-order chi connectivity index (χ1) is 8.45. The van der Waals surface area contributed by atoms with Crippen LogP contribution in [0.2, 0.25) is 0 Å². The van der Waals surface area contributed by atoms with Crippen molar-refractivity contribution in [3.8, 4) is 0 Å². The molecule has 0 saturated carbocycles. The molecule has 0 aromatic heterocycles. The molecule has 0 fully saturated rings. The first-order valence-corrected chi connectivity index (χ1v) is 7.00. The van der Waals surface area contributed by atoms with E-state index in [0.717, 1.165) is 16.5 Å². The number of carbonyl (C=O) groups is 1. The lowest BCUT2D eigenvalue weighted by Crippen LogP contribution is -2.45. The lowest BCUT2D eigenvalue weighted by molar-refractivity contribution is -0.132. The quantitative estimate of drug-likeness (QED) is 0.887. The molecular weight excluding hydrogens is 328 g/mol. The van der Waals surface area contributed by atoms with Gasteiger partial charge >= 0.3 is 0 Å². The summed E-state index contributed by atoms with van der Waals surface area (Å²) in [6.45, 7) is 4.65. The summed E-state index contributed by atoms with van der Waals surface area (Å²) in [5, 5.41) is 0. The number of amides is 1. The highest BCUT2D eigenvalue weighted by atomic mass is 79.9. The Morgan fingerprint density at radius 2 is 1.89 bits per heavy atom. The first-order valence-electron chi connectivity index (χ1n) is 6.20. The Balaban J connectivity index is 0.00000324. The fraction of sp³-hybridized carbons (Fsp3) is 0.500. The zero-order valence-corrected chi connectivity index (χ0v) is 14.0. The summed E-state index contributed by atoms with van der Waals surface area (Å²) in [6, 6.07) is 7.55. The highest BCUT2D eigenvalue weighted by Gasteiger charge is 2.22. The van der Waals surface area contributed by atoms with E-state index in [-0.39, 0.29) is 24.2 Å². The second-order valence-electron chi connectivity index (χ2n) is 4.73. The number of hydrogen-bond donors (Lipinski definition) is 1. The Morgan fingerprint density at radius 3 is 2.37 bits per heavy atom. The van der Waals surface area contributed by atoms with Crippen LogP contribution in [-0.2, 0) is 11.3 Å². The summed E-state index contributed by atoms with van der Waals surface area (Å²) in [5.41, 5.74) is 7.05. The van der Waals surface area contributed by atoms with Gasteiger partial charge < -0.3 is 10.6 Å². The Bertz CT molecular complexity index is 397. The third-order valence-electron chi connectivity index (χ3n) is 3.25. The van der Waals surface area contributed by atoms with Crippen molar-refractivity contribution in [2.45, 2.75) is 32.9 Å². The van der Waals surface area contributed by atoms with Gasteiger partial charge in [0.15, 0.2) is 0 Å². The summed E-state index contributed by atoms with van der Waals surface area (Å²) < 4.78 is 1.04. The smallest absolute Gasteiger partial charge is 0.239 e. The molecule has 1 aromatic rings. The summed E-state index contributed by atoms with van der Waals surface area (Å²) in [7, 11) is 1.80. The standard InChI is InChI=1S/C14H21BrN2O.ClH/c1-4-10(2)13(16)14(18)17(3)9-11-5-7-12(15)8-6-11;/h5-8,10,13H,4,9,16H2,1-3H3;1H. The van der Waals surface area contributed by atoms with Crippen molar-refractivity contribution < 1.29 is 4.79 Å². The van der Waals surface area contributed by atoms with Crippen molar-refractivity contribution >= 4 is 34.2 Å². The average Bonchev–Trinajstić information content (AvgIpc) is 2.38. The van der Waals surface area contributed by atoms with Crippen molar-refractivity contribution in [3.05, 3.63) is 34.3 Å². The molecule has 108 valence electrons. The monoisotopic (exact) mass is 348 g/mol. The molecule has 0 aliphatic rings. The lowest BCUT2D eigenvalue weighted by Gasteiger charge is -2.24. The van der Waals surface area contributed by atoms with Gasteiger partial charge in [-0.15, -0.1) is 12.4 Å². The van der Waals surface area contributed by atoms with E-state index in [4.69, 9.17) is 5.73 Å². The molecule has 1 aromatic carbocycles. The van der Waals surface area contributed by atoms with Gasteiger partial charge in [0.1, 0.15) is 0 Å². The van der Waals surface area contributed by atoms with E-state index >= 15 is 0 Å². The molecule has 0 bridgehead atoms. The molecule has 5 heteroatoms. The Hall–Kier alpha value is -0.580. The normalized spacial score (nSPS) is 13.3. The molecule has 0 heterocycles. The van der Waals surface area contributed by atoms with Crippen LogP contribution >= 0.6 is 28.3 Å². The van der Waals surface area contributed by atoms with E-state index in [1.807, 2.05) is 38.1 Å². The minimum atomic E-state index is -0.407. The van der Waals surface area contributed by atoms with Gasteiger partial charge in [0, 0.05) is 18.1 Å². The molecule has 19 heavy (non-hydrogen) atoms. The average molecular weight is 350 g/mol. The largest absolute Gasteiger partial charge is 0.340 e. The molecule has 0 saturated heterocycles. The topological polar surface area (TPSA) is 46.3 Å². The van der Waals surface area contributed by atoms with Crippen LogP contribution in [0, 0.1) is 5.92 Å². The highest BCUT2D eigenvalue weighted by molar-refractivity contribution is 9.10. The Morgan fingerprint density at radius 1 is 1.37 bits per heavy atom. The molecule has 0 spiro atoms. The summed E-state index contributed by atoms with van der Waals surface area (Å²) in [4.78, 5) is 13.8. The third kappa shape index (κ3) is 5.51. The fourth-order valence-corrected chi connectivity index (χ4v) is 1.96. The lowest BCUT2D eigenvalue weighted by atomic mass is 9.99. The van der Waals surface area contributed by atoms with Crippen molar-refractivity contribution in [2.24, 2.45) is 11.7 Å². The van der Waals surface area contributed by atoms with E-state index < -0.39 is 6.04 Å². The molecule has 0 radical (unpaired) electrons. The van der Waals surface area contributed by atoms with Crippen molar-refractivity contribution in [1.29, 1.82) is 0 Å². The van der Waals surface area contributed by atoms with Crippen LogP contribution in [0.15, 0.2) is 28.7 Å². The van der Waals surface area contributed by atoms with Crippen molar-refractivity contribution in [2.75, 3.05) is 7.05 Å². The van der Waals surface area contributed by atoms with Crippen LogP contribution in [0.4, 0.5) is 0 Å². The maximum absolute atomic E-state index is 12.1. The summed E-state index contributed by atoms with van der Waals surface area (Å²) in [6.07, 6.45) is 0.916. The number of nitrogens with zero attached hydrogens (tertiary/aromatic N) is 1. The van der Waals surface area contributed by atoms with Crippen LogP contribution in [0.5, 0.6) is 0 Å². The highest BCUT2D eigenvalue weighted by Crippen LogP contribution is 2.13. The SMILES string of the molecule is CCC(C)C(N)C(=O)N(C)Cc1ccc(Br)cc1.Cl. The number of nitrogens with two attached hydrogens (primary N) is 1. The molecule has 3 nitrogen and oxygen atoms in total. The Labute approximate surface area is 130 Å². The minimum Gasteiger partial charge on any atom is -0.340 e. The van der Waals surface area contributed by atoms with Gasteiger partial charge in [0.25, 0.3) is 0 Å². The molecule has 1 amide bonds. The molecule has 1 rings (SSSR count). The van der Waals surface area contributed by atoms with Crippen LogP contribution in [0.25, 0.3) is 0 Å². The number of benzene rings is 1. The van der Waals surface area contributed by atoms with E-state index in [0.29, 0.717) is 6.54 Å². The zero-order valence-electron chi connectivity index (χ0n) is 11.6. The molecule has 2 unspecified atom stereocenters. The number of halogens is 2. The van der Waals surface area contributed by atoms with Crippen molar-refractivity contribution in [3.63, 3.8) is 0 Å². The van der Waals surface area contributed by atoms with Crippen LogP contribution in [-0.4, -0.2) is 23.9 Å². The van der Waals surface area contributed by atoms with Crippen LogP contribution < -0.4 is 5.73 Å². The third-order valence-corrected chi connectivity index (χ3v) is 3.78. The number of carbonyl (C=O) groups excluding carboxylic acids is 1. The minimum absolute atomic E-state index is 0. The van der Waals surface area contributed by atoms with Crippen molar-refractivity contribution in [1.82, 2.24) is 4.90 Å². The second kappa shape index (κ2) is 8.56. The molecular formula is C14H22BrClN2O. The maximum atomic E-state index is 12.1. The number of hydrogen-bond acceptors (Lipinski definition) is 2. The second-order valence-corrected chi connectivity index (χ2v) is 5.65. The van der Waals surface area contributed by atoms with Gasteiger partial charge in [-0.25, -0.2) is 0 Å². The number of rotatable bonds is 5. The van der Waals surface area contributed by atoms with Gasteiger partial charge in [-0.2, -0.15) is 0 Å². The van der Waals surface area contributed by atoms with E-state index in [2.05, 4.69) is 15.9 Å². The molecule has 0 aliphatic heterocycles. The van der Waals surface area contributed by atoms with Gasteiger partial charge in [-0.05, 0) is 23.6 Å². The molecule has 2 atom stereocenters. The summed E-state index contributed by atoms with van der Waals surface area (Å²) >= 11 is 3.39. The summed E-state index contributed by atoms with van der Waals surface area (Å²) in [5.74, 6) is 0.220. The van der Waals surface area contributed by atoms with Crippen LogP contribution in [0.3, 0.4) is 0 Å². The van der Waals surface area contributed by atoms with E-state index in [1.54, 1.807) is 11.9 Å². The fourth-order valence-electron chi connectivity index (χ4n) is 1.69. The predicted octanol–water partition coefficient (Wildman–Crippen LogP) is 3.20. The van der Waals surface area contributed by atoms with Gasteiger partial charge in [-0.1, -0.05) is 48.3 Å². The van der Waals surface area contributed by atoms with E-state index in [1.165, 1.54) is 0 Å². The van der Waals surface area contributed by atoms with E-state index in [9.17, 15) is 4.79 Å². The molecule has 0 aliphatic carbocycles. The van der Waals surface area contributed by atoms with Gasteiger partial charge in [0.05, 0.1) is 6.04 Å². The number of likely N-dealkylation sites (N-methyl/N-ethyl adjacent to an activating group) is 1. The molecule has 2 N–H and O–H groups in total. The van der Waals surface area contributed by atoms with Gasteiger partial charge in [0.2, 0.25) is 5.91 Å². The predicted molar refractivity (Wildman–Crippen MR) is 85.3 cm³/mol.